The fourth-order valence-corrected chi connectivity index (χ4v) is 2.89. The highest BCUT2D eigenvalue weighted by Gasteiger charge is 2.38. The number of hydrogen-bond donors (Lipinski definition) is 1. The standard InChI is InChI=1S/C12H18N4O/c1-8-10(5-14-15(8)2)12(17)16-6-9-3-4-13-11(9)7-16/h5,9,11,13H,3-4,6-7H2,1-2H3/t9-,11+/m0/s1. The molecule has 5 heteroatoms. The molecule has 5 nitrogen and oxygen atoms in total. The van der Waals surface area contributed by atoms with Gasteiger partial charge in [0.2, 0.25) is 0 Å². The fourth-order valence-electron chi connectivity index (χ4n) is 2.89. The van der Waals surface area contributed by atoms with Crippen molar-refractivity contribution >= 4 is 5.91 Å². The van der Waals surface area contributed by atoms with Gasteiger partial charge in [0.15, 0.2) is 0 Å². The van der Waals surface area contributed by atoms with Gasteiger partial charge in [0.1, 0.15) is 0 Å². The Hall–Kier alpha value is -1.36. The third-order valence-corrected chi connectivity index (χ3v) is 4.12. The van der Waals surface area contributed by atoms with E-state index < -0.39 is 0 Å². The lowest BCUT2D eigenvalue weighted by Crippen LogP contribution is -2.34. The summed E-state index contributed by atoms with van der Waals surface area (Å²) in [6, 6.07) is 0.510. The molecule has 1 amide bonds. The maximum atomic E-state index is 12.4. The van der Waals surface area contributed by atoms with Crippen molar-refractivity contribution in [3.05, 3.63) is 17.5 Å². The number of rotatable bonds is 1. The first kappa shape index (κ1) is 10.8. The normalized spacial score (nSPS) is 27.5. The van der Waals surface area contributed by atoms with Crippen molar-refractivity contribution in [1.82, 2.24) is 20.0 Å². The van der Waals surface area contributed by atoms with Crippen LogP contribution in [0.4, 0.5) is 0 Å². The van der Waals surface area contributed by atoms with Gasteiger partial charge in [0.05, 0.1) is 11.8 Å². The summed E-state index contributed by atoms with van der Waals surface area (Å²) in [4.78, 5) is 14.3. The quantitative estimate of drug-likeness (QED) is 0.753. The average Bonchev–Trinajstić information content (AvgIpc) is 2.94. The second kappa shape index (κ2) is 3.84. The van der Waals surface area contributed by atoms with Gasteiger partial charge in [-0.3, -0.25) is 9.48 Å². The van der Waals surface area contributed by atoms with E-state index in [2.05, 4.69) is 10.4 Å². The van der Waals surface area contributed by atoms with E-state index in [0.29, 0.717) is 12.0 Å². The second-order valence-corrected chi connectivity index (χ2v) is 5.09. The van der Waals surface area contributed by atoms with Crippen LogP contribution in [-0.2, 0) is 7.05 Å². The van der Waals surface area contributed by atoms with Gasteiger partial charge in [-0.2, -0.15) is 5.10 Å². The zero-order valence-corrected chi connectivity index (χ0v) is 10.3. The second-order valence-electron chi connectivity index (χ2n) is 5.09. The van der Waals surface area contributed by atoms with Gasteiger partial charge >= 0.3 is 0 Å². The van der Waals surface area contributed by atoms with E-state index in [0.717, 1.165) is 30.9 Å². The van der Waals surface area contributed by atoms with Gasteiger partial charge in [0, 0.05) is 31.9 Å². The first-order valence-electron chi connectivity index (χ1n) is 6.18. The first-order chi connectivity index (χ1) is 8.16. The Balaban J connectivity index is 1.78. The van der Waals surface area contributed by atoms with Crippen molar-refractivity contribution in [2.24, 2.45) is 13.0 Å². The lowest BCUT2D eigenvalue weighted by Gasteiger charge is -2.17. The summed E-state index contributed by atoms with van der Waals surface area (Å²) < 4.78 is 1.75. The molecule has 0 bridgehead atoms. The lowest BCUT2D eigenvalue weighted by atomic mass is 10.1. The highest BCUT2D eigenvalue weighted by Crippen LogP contribution is 2.26. The minimum absolute atomic E-state index is 0.131. The Kier molecular flexibility index (Phi) is 2.43. The van der Waals surface area contributed by atoms with Crippen LogP contribution < -0.4 is 5.32 Å². The van der Waals surface area contributed by atoms with E-state index >= 15 is 0 Å². The van der Waals surface area contributed by atoms with E-state index in [1.165, 1.54) is 6.42 Å². The Morgan fingerprint density at radius 2 is 2.35 bits per heavy atom. The maximum Gasteiger partial charge on any atom is 0.257 e. The van der Waals surface area contributed by atoms with Crippen LogP contribution in [0.2, 0.25) is 0 Å². The lowest BCUT2D eigenvalue weighted by molar-refractivity contribution is 0.0782. The molecule has 1 aromatic rings. The van der Waals surface area contributed by atoms with Crippen LogP contribution in [0, 0.1) is 12.8 Å². The number of likely N-dealkylation sites (tertiary alicyclic amines) is 1. The molecule has 2 atom stereocenters. The monoisotopic (exact) mass is 234 g/mol. The highest BCUT2D eigenvalue weighted by atomic mass is 16.2. The van der Waals surface area contributed by atoms with E-state index in [1.807, 2.05) is 18.9 Å². The largest absolute Gasteiger partial charge is 0.337 e. The average molecular weight is 234 g/mol. The Labute approximate surface area is 101 Å². The van der Waals surface area contributed by atoms with Crippen LogP contribution in [0.3, 0.4) is 0 Å². The number of nitrogens with one attached hydrogen (secondary N) is 1. The molecule has 1 aromatic heterocycles. The molecule has 0 aromatic carbocycles. The summed E-state index contributed by atoms with van der Waals surface area (Å²) in [5.41, 5.74) is 1.69. The van der Waals surface area contributed by atoms with Crippen molar-refractivity contribution in [2.45, 2.75) is 19.4 Å². The first-order valence-corrected chi connectivity index (χ1v) is 6.18. The predicted molar refractivity (Wildman–Crippen MR) is 63.7 cm³/mol. The molecule has 2 aliphatic rings. The van der Waals surface area contributed by atoms with Gasteiger partial charge < -0.3 is 10.2 Å². The van der Waals surface area contributed by atoms with E-state index in [-0.39, 0.29) is 5.91 Å². The van der Waals surface area contributed by atoms with Gasteiger partial charge in [-0.1, -0.05) is 0 Å². The molecule has 0 radical (unpaired) electrons. The maximum absolute atomic E-state index is 12.4. The number of carbonyl (C=O) groups is 1. The van der Waals surface area contributed by atoms with Crippen molar-refractivity contribution < 1.29 is 4.79 Å². The third-order valence-electron chi connectivity index (χ3n) is 4.12. The Morgan fingerprint density at radius 3 is 3.00 bits per heavy atom. The van der Waals surface area contributed by atoms with Crippen molar-refractivity contribution in [3.8, 4) is 0 Å². The molecule has 17 heavy (non-hydrogen) atoms. The molecule has 0 saturated carbocycles. The van der Waals surface area contributed by atoms with Crippen LogP contribution >= 0.6 is 0 Å². The van der Waals surface area contributed by atoms with Crippen LogP contribution in [0.1, 0.15) is 22.5 Å². The summed E-state index contributed by atoms with van der Waals surface area (Å²) in [5.74, 6) is 0.780. The molecular weight excluding hydrogens is 216 g/mol. The van der Waals surface area contributed by atoms with Crippen LogP contribution in [0.15, 0.2) is 6.20 Å². The van der Waals surface area contributed by atoms with Crippen molar-refractivity contribution in [3.63, 3.8) is 0 Å². The Morgan fingerprint density at radius 1 is 1.53 bits per heavy atom. The van der Waals surface area contributed by atoms with Gasteiger partial charge in [-0.25, -0.2) is 0 Å². The number of hydrogen-bond acceptors (Lipinski definition) is 3. The number of nitrogens with zero attached hydrogens (tertiary/aromatic N) is 3. The van der Waals surface area contributed by atoms with Crippen LogP contribution in [-0.4, -0.2) is 46.3 Å². The molecule has 3 rings (SSSR count). The van der Waals surface area contributed by atoms with Gasteiger partial charge in [0.25, 0.3) is 5.91 Å². The summed E-state index contributed by atoms with van der Waals surface area (Å²) >= 11 is 0. The summed E-state index contributed by atoms with van der Waals surface area (Å²) in [7, 11) is 1.87. The van der Waals surface area contributed by atoms with E-state index in [4.69, 9.17) is 0 Å². The predicted octanol–water partition coefficient (Wildman–Crippen LogP) is 0.162. The minimum atomic E-state index is 0.131. The number of aromatic nitrogens is 2. The minimum Gasteiger partial charge on any atom is -0.337 e. The van der Waals surface area contributed by atoms with Crippen LogP contribution in [0.25, 0.3) is 0 Å². The van der Waals surface area contributed by atoms with Crippen molar-refractivity contribution in [2.75, 3.05) is 19.6 Å². The summed E-state index contributed by atoms with van der Waals surface area (Å²) in [6.45, 7) is 4.78. The van der Waals surface area contributed by atoms with Crippen molar-refractivity contribution in [1.29, 1.82) is 0 Å². The topological polar surface area (TPSA) is 50.2 Å². The molecule has 2 fully saturated rings. The van der Waals surface area contributed by atoms with Crippen LogP contribution in [0.5, 0.6) is 0 Å². The zero-order chi connectivity index (χ0) is 12.0. The highest BCUT2D eigenvalue weighted by molar-refractivity contribution is 5.95. The number of fused-ring (bicyclic) bond motifs is 1. The number of carbonyl (C=O) groups excluding carboxylic acids is 1. The number of aryl methyl sites for hydroxylation is 1. The SMILES string of the molecule is Cc1c(C(=O)N2C[C@@H]3CCN[C@@H]3C2)cnn1C. The van der Waals surface area contributed by atoms with Gasteiger partial charge in [-0.15, -0.1) is 0 Å². The number of amides is 1. The molecule has 2 aliphatic heterocycles. The van der Waals surface area contributed by atoms with Gasteiger partial charge in [-0.05, 0) is 25.8 Å². The third kappa shape index (κ3) is 1.65. The Bertz CT molecular complexity index is 441. The smallest absolute Gasteiger partial charge is 0.257 e. The zero-order valence-electron chi connectivity index (χ0n) is 10.3. The molecule has 92 valence electrons. The fraction of sp³-hybridized carbons (Fsp3) is 0.667. The molecule has 0 aliphatic carbocycles. The summed E-state index contributed by atoms with van der Waals surface area (Å²) in [5, 5.41) is 7.59. The summed E-state index contributed by atoms with van der Waals surface area (Å²) in [6.07, 6.45) is 2.87. The van der Waals surface area contributed by atoms with E-state index in [1.54, 1.807) is 10.9 Å². The molecule has 0 spiro atoms. The molecule has 2 saturated heterocycles. The van der Waals surface area contributed by atoms with E-state index in [9.17, 15) is 4.79 Å². The molecular formula is C12H18N4O. The molecule has 1 N–H and O–H groups in total. The molecule has 3 heterocycles. The molecule has 0 unspecified atom stereocenters.